The van der Waals surface area contributed by atoms with Crippen LogP contribution in [0.15, 0.2) is 30.3 Å². The Morgan fingerprint density at radius 3 is 2.31 bits per heavy atom. The average molecular weight is 238 g/mol. The third-order valence-corrected chi connectivity index (χ3v) is 4.14. The quantitative estimate of drug-likeness (QED) is 0.748. The van der Waals surface area contributed by atoms with Crippen molar-refractivity contribution >= 4 is 28.5 Å². The number of hydrogen-bond donors (Lipinski definition) is 0. The SMILES string of the molecule is CN(Cc1ccccc1)P(=O)(Cl)Cl. The number of nitrogens with zero attached hydrogens (tertiary/aromatic N) is 1. The van der Waals surface area contributed by atoms with Crippen molar-refractivity contribution in [1.82, 2.24) is 4.67 Å². The molecule has 0 unspecified atom stereocenters. The van der Waals surface area contributed by atoms with Crippen molar-refractivity contribution < 1.29 is 4.57 Å². The molecule has 5 heteroatoms. The molecule has 1 rings (SSSR count). The van der Waals surface area contributed by atoms with Crippen LogP contribution in [0.2, 0.25) is 0 Å². The van der Waals surface area contributed by atoms with Crippen molar-refractivity contribution in [3.05, 3.63) is 35.9 Å². The van der Waals surface area contributed by atoms with Gasteiger partial charge in [0.15, 0.2) is 0 Å². The van der Waals surface area contributed by atoms with E-state index in [2.05, 4.69) is 0 Å². The Bertz CT molecular complexity index is 311. The highest BCUT2D eigenvalue weighted by molar-refractivity contribution is 8.06. The van der Waals surface area contributed by atoms with Crippen LogP contribution in [0.3, 0.4) is 0 Å². The highest BCUT2D eigenvalue weighted by atomic mass is 35.9. The summed E-state index contributed by atoms with van der Waals surface area (Å²) in [6.45, 7) is 0.491. The number of rotatable bonds is 3. The largest absolute Gasteiger partial charge is 0.322 e. The molecule has 0 amide bonds. The second-order valence-electron chi connectivity index (χ2n) is 2.74. The predicted molar refractivity (Wildman–Crippen MR) is 57.2 cm³/mol. The minimum absolute atomic E-state index is 0.491. The fourth-order valence-electron chi connectivity index (χ4n) is 0.930. The zero-order valence-electron chi connectivity index (χ0n) is 7.15. The zero-order chi connectivity index (χ0) is 9.90. The van der Waals surface area contributed by atoms with Gasteiger partial charge in [0, 0.05) is 6.54 Å². The summed E-state index contributed by atoms with van der Waals surface area (Å²) in [5.41, 5.74) is 1.03. The van der Waals surface area contributed by atoms with Gasteiger partial charge in [0.05, 0.1) is 0 Å². The molecule has 72 valence electrons. The highest BCUT2D eigenvalue weighted by Gasteiger charge is 2.20. The molecule has 0 aliphatic rings. The van der Waals surface area contributed by atoms with E-state index < -0.39 is 6.00 Å². The summed E-state index contributed by atoms with van der Waals surface area (Å²) < 4.78 is 12.6. The van der Waals surface area contributed by atoms with E-state index >= 15 is 0 Å². The van der Waals surface area contributed by atoms with Gasteiger partial charge in [-0.2, -0.15) is 0 Å². The van der Waals surface area contributed by atoms with Crippen molar-refractivity contribution in [3.8, 4) is 0 Å². The summed E-state index contributed by atoms with van der Waals surface area (Å²) >= 11 is 11.0. The Morgan fingerprint density at radius 2 is 1.85 bits per heavy atom. The van der Waals surface area contributed by atoms with Gasteiger partial charge in [-0.15, -0.1) is 0 Å². The number of hydrogen-bond acceptors (Lipinski definition) is 1. The van der Waals surface area contributed by atoms with E-state index in [1.807, 2.05) is 30.3 Å². The Morgan fingerprint density at radius 1 is 1.31 bits per heavy atom. The standard InChI is InChI=1S/C8H10Cl2NOP/c1-11(13(9,10)12)7-8-5-3-2-4-6-8/h2-6H,7H2,1H3. The van der Waals surface area contributed by atoms with Gasteiger partial charge < -0.3 is 0 Å². The van der Waals surface area contributed by atoms with E-state index in [0.29, 0.717) is 6.54 Å². The first-order chi connectivity index (χ1) is 6.00. The summed E-state index contributed by atoms with van der Waals surface area (Å²) in [5, 5.41) is 0. The van der Waals surface area contributed by atoms with E-state index in [1.54, 1.807) is 7.05 Å². The Hall–Kier alpha value is -0.0100. The minimum Gasteiger partial charge on any atom is -0.271 e. The fraction of sp³-hybridized carbons (Fsp3) is 0.250. The molecular weight excluding hydrogens is 228 g/mol. The molecule has 0 heterocycles. The van der Waals surface area contributed by atoms with Gasteiger partial charge in [-0.25, -0.2) is 4.67 Å². The van der Waals surface area contributed by atoms with Crippen LogP contribution in [-0.4, -0.2) is 11.7 Å². The molecule has 0 radical (unpaired) electrons. The zero-order valence-corrected chi connectivity index (χ0v) is 9.56. The van der Waals surface area contributed by atoms with Gasteiger partial charge in [0.25, 0.3) is 0 Å². The molecule has 0 aliphatic heterocycles. The van der Waals surface area contributed by atoms with Crippen LogP contribution in [0.4, 0.5) is 0 Å². The number of benzene rings is 1. The Balaban J connectivity index is 2.66. The van der Waals surface area contributed by atoms with Gasteiger partial charge in [-0.1, -0.05) is 30.3 Å². The van der Waals surface area contributed by atoms with Crippen molar-refractivity contribution in [2.45, 2.75) is 6.54 Å². The first kappa shape index (κ1) is 11.1. The molecule has 0 saturated carbocycles. The maximum Gasteiger partial charge on any atom is 0.322 e. The van der Waals surface area contributed by atoms with E-state index in [-0.39, 0.29) is 0 Å². The normalized spacial score (nSPS) is 12.0. The van der Waals surface area contributed by atoms with Crippen LogP contribution >= 0.6 is 28.5 Å². The lowest BCUT2D eigenvalue weighted by atomic mass is 10.2. The summed E-state index contributed by atoms with van der Waals surface area (Å²) in [5.74, 6) is -3.14. The molecule has 2 nitrogen and oxygen atoms in total. The molecule has 0 aromatic heterocycles. The van der Waals surface area contributed by atoms with Crippen LogP contribution in [0.1, 0.15) is 5.56 Å². The van der Waals surface area contributed by atoms with E-state index in [1.165, 1.54) is 4.67 Å². The summed E-state index contributed by atoms with van der Waals surface area (Å²) in [6, 6.07) is 9.61. The van der Waals surface area contributed by atoms with E-state index in [0.717, 1.165) is 5.56 Å². The van der Waals surface area contributed by atoms with Gasteiger partial charge >= 0.3 is 6.00 Å². The molecule has 0 atom stereocenters. The third kappa shape index (κ3) is 3.70. The van der Waals surface area contributed by atoms with Gasteiger partial charge in [0.2, 0.25) is 0 Å². The van der Waals surface area contributed by atoms with Crippen molar-refractivity contribution in [3.63, 3.8) is 0 Å². The molecular formula is C8H10Cl2NOP. The van der Waals surface area contributed by atoms with Crippen molar-refractivity contribution in [2.24, 2.45) is 0 Å². The Labute approximate surface area is 87.5 Å². The molecule has 13 heavy (non-hydrogen) atoms. The lowest BCUT2D eigenvalue weighted by Crippen LogP contribution is -2.09. The summed E-state index contributed by atoms with van der Waals surface area (Å²) in [6.07, 6.45) is 0. The van der Waals surface area contributed by atoms with Crippen LogP contribution in [0.5, 0.6) is 0 Å². The fourth-order valence-corrected chi connectivity index (χ4v) is 1.58. The monoisotopic (exact) mass is 237 g/mol. The van der Waals surface area contributed by atoms with Crippen LogP contribution in [-0.2, 0) is 11.1 Å². The van der Waals surface area contributed by atoms with Crippen molar-refractivity contribution in [2.75, 3.05) is 7.05 Å². The van der Waals surface area contributed by atoms with E-state index in [9.17, 15) is 4.57 Å². The predicted octanol–water partition coefficient (Wildman–Crippen LogP) is 3.70. The van der Waals surface area contributed by atoms with Crippen LogP contribution in [0.25, 0.3) is 0 Å². The average Bonchev–Trinajstić information content (AvgIpc) is 2.04. The first-order valence-corrected chi connectivity index (χ1v) is 7.22. The molecule has 1 aromatic carbocycles. The molecule has 0 aliphatic carbocycles. The van der Waals surface area contributed by atoms with Crippen LogP contribution in [0, 0.1) is 0 Å². The minimum atomic E-state index is -3.14. The second-order valence-corrected chi connectivity index (χ2v) is 7.56. The number of halogens is 2. The first-order valence-electron chi connectivity index (χ1n) is 3.75. The topological polar surface area (TPSA) is 20.3 Å². The molecule has 0 N–H and O–H groups in total. The van der Waals surface area contributed by atoms with Crippen molar-refractivity contribution in [1.29, 1.82) is 0 Å². The second kappa shape index (κ2) is 4.47. The van der Waals surface area contributed by atoms with E-state index in [4.69, 9.17) is 22.5 Å². The lowest BCUT2D eigenvalue weighted by molar-refractivity contribution is 0.489. The molecule has 0 saturated heterocycles. The Kier molecular flexibility index (Phi) is 3.81. The molecule has 0 spiro atoms. The van der Waals surface area contributed by atoms with Crippen LogP contribution < -0.4 is 0 Å². The van der Waals surface area contributed by atoms with Gasteiger partial charge in [0.1, 0.15) is 0 Å². The maximum atomic E-state index is 11.2. The maximum absolute atomic E-state index is 11.2. The molecule has 0 fully saturated rings. The smallest absolute Gasteiger partial charge is 0.271 e. The lowest BCUT2D eigenvalue weighted by Gasteiger charge is -2.16. The highest BCUT2D eigenvalue weighted by Crippen LogP contribution is 2.59. The summed E-state index contributed by atoms with van der Waals surface area (Å²) in [4.78, 5) is 0. The summed E-state index contributed by atoms with van der Waals surface area (Å²) in [7, 11) is 1.63. The van der Waals surface area contributed by atoms with Gasteiger partial charge in [-0.05, 0) is 35.1 Å². The third-order valence-electron chi connectivity index (χ3n) is 1.65. The van der Waals surface area contributed by atoms with Gasteiger partial charge in [-0.3, -0.25) is 4.57 Å². The molecule has 1 aromatic rings. The molecule has 0 bridgehead atoms.